The maximum atomic E-state index is 13.2. The van der Waals surface area contributed by atoms with Gasteiger partial charge in [-0.15, -0.1) is 0 Å². The number of hydrogen-bond acceptors (Lipinski definition) is 9. The number of aryl methyl sites for hydroxylation is 1. The van der Waals surface area contributed by atoms with Gasteiger partial charge >= 0.3 is 11.3 Å². The Bertz CT molecular complexity index is 1100. The van der Waals surface area contributed by atoms with Crippen molar-refractivity contribution >= 4 is 38.7 Å². The summed E-state index contributed by atoms with van der Waals surface area (Å²) in [7, 11) is -2.63. The first-order chi connectivity index (χ1) is 14.1. The Labute approximate surface area is 178 Å². The van der Waals surface area contributed by atoms with Gasteiger partial charge in [-0.2, -0.15) is 5.10 Å². The lowest BCUT2D eigenvalue weighted by atomic mass is 9.96. The molecule has 0 aliphatic rings. The van der Waals surface area contributed by atoms with Crippen LogP contribution in [0.3, 0.4) is 0 Å². The summed E-state index contributed by atoms with van der Waals surface area (Å²) in [6.07, 6.45) is 2.23. The van der Waals surface area contributed by atoms with Crippen molar-refractivity contribution in [2.24, 2.45) is 0 Å². The lowest BCUT2D eigenvalue weighted by Gasteiger charge is -2.13. The van der Waals surface area contributed by atoms with Crippen LogP contribution >= 0.6 is 11.8 Å². The molecule has 30 heavy (non-hydrogen) atoms. The van der Waals surface area contributed by atoms with E-state index in [1.165, 1.54) is 29.9 Å². The number of hydrogen-bond donors (Lipinski definition) is 0. The van der Waals surface area contributed by atoms with E-state index in [1.807, 2.05) is 0 Å². The van der Waals surface area contributed by atoms with Crippen molar-refractivity contribution in [1.29, 1.82) is 0 Å². The van der Waals surface area contributed by atoms with Crippen LogP contribution in [-0.2, 0) is 21.1 Å². The third kappa shape index (κ3) is 4.73. The van der Waals surface area contributed by atoms with Crippen molar-refractivity contribution in [3.8, 4) is 5.88 Å². The average Bonchev–Trinajstić information content (AvgIpc) is 3.08. The van der Waals surface area contributed by atoms with E-state index in [0.717, 1.165) is 25.1 Å². The summed E-state index contributed by atoms with van der Waals surface area (Å²) in [5.74, 6) is -0.962. The fraction of sp³-hybridized carbons (Fsp3) is 0.368. The molecule has 0 N–H and O–H groups in total. The SMILES string of the molecule is CCSC(=O)Oc1c(C(=O)c2ccc(S(C)(=O)=O)c(C(=O)OC)c2C)cnn1CC. The molecule has 0 saturated heterocycles. The first-order valence-electron chi connectivity index (χ1n) is 8.93. The summed E-state index contributed by atoms with van der Waals surface area (Å²) in [4.78, 5) is 37.2. The highest BCUT2D eigenvalue weighted by molar-refractivity contribution is 8.13. The minimum absolute atomic E-state index is 0.0142. The molecule has 2 rings (SSSR count). The number of carbonyl (C=O) groups excluding carboxylic acids is 3. The summed E-state index contributed by atoms with van der Waals surface area (Å²) < 4.78 is 35.6. The molecule has 1 heterocycles. The zero-order chi connectivity index (χ0) is 22.6. The van der Waals surface area contributed by atoms with Crippen molar-refractivity contribution in [3.63, 3.8) is 0 Å². The van der Waals surface area contributed by atoms with Gasteiger partial charge in [-0.3, -0.25) is 4.79 Å². The fourth-order valence-electron chi connectivity index (χ4n) is 2.83. The maximum absolute atomic E-state index is 13.2. The maximum Gasteiger partial charge on any atom is 0.374 e. The number of nitrogens with zero attached hydrogens (tertiary/aromatic N) is 2. The van der Waals surface area contributed by atoms with Gasteiger partial charge in [0.2, 0.25) is 5.88 Å². The van der Waals surface area contributed by atoms with E-state index in [0.29, 0.717) is 12.3 Å². The second-order valence-electron chi connectivity index (χ2n) is 6.17. The molecule has 0 radical (unpaired) electrons. The van der Waals surface area contributed by atoms with Crippen LogP contribution in [0.2, 0.25) is 0 Å². The van der Waals surface area contributed by atoms with E-state index < -0.39 is 26.9 Å². The number of ketones is 1. The summed E-state index contributed by atoms with van der Waals surface area (Å²) in [6.45, 7) is 5.37. The molecule has 1 aromatic heterocycles. The number of sulfone groups is 1. The van der Waals surface area contributed by atoms with Gasteiger partial charge in [-0.1, -0.05) is 6.92 Å². The first-order valence-corrected chi connectivity index (χ1v) is 11.8. The van der Waals surface area contributed by atoms with Gasteiger partial charge in [0.25, 0.3) is 0 Å². The summed E-state index contributed by atoms with van der Waals surface area (Å²) >= 11 is 0.941. The van der Waals surface area contributed by atoms with E-state index in [1.54, 1.807) is 13.8 Å². The smallest absolute Gasteiger partial charge is 0.374 e. The van der Waals surface area contributed by atoms with Crippen LogP contribution in [0.4, 0.5) is 4.79 Å². The Morgan fingerprint density at radius 3 is 2.37 bits per heavy atom. The zero-order valence-corrected chi connectivity index (χ0v) is 18.8. The van der Waals surface area contributed by atoms with Gasteiger partial charge < -0.3 is 9.47 Å². The van der Waals surface area contributed by atoms with Gasteiger partial charge in [-0.05, 0) is 43.3 Å². The Morgan fingerprint density at radius 1 is 1.17 bits per heavy atom. The van der Waals surface area contributed by atoms with Crippen LogP contribution in [-0.4, -0.2) is 54.4 Å². The molecule has 1 aromatic carbocycles. The molecule has 0 fully saturated rings. The standard InChI is InChI=1S/C19H22N2O7S2/c1-6-21-17(28-19(24)29-7-2)13(10-20-21)16(22)12-8-9-14(30(5,25)26)15(11(12)3)18(23)27-4/h8-10H,6-7H2,1-5H3. The van der Waals surface area contributed by atoms with Gasteiger partial charge in [0.1, 0.15) is 5.56 Å². The number of ether oxygens (including phenoxy) is 2. The van der Waals surface area contributed by atoms with Crippen molar-refractivity contribution < 1.29 is 32.3 Å². The second kappa shape index (κ2) is 9.43. The fourth-order valence-corrected chi connectivity index (χ4v) is 4.13. The third-order valence-corrected chi connectivity index (χ3v) is 5.98. The molecular weight excluding hydrogens is 432 g/mol. The molecule has 9 nitrogen and oxygen atoms in total. The molecule has 0 saturated carbocycles. The highest BCUT2D eigenvalue weighted by Gasteiger charge is 2.28. The molecule has 0 atom stereocenters. The summed E-state index contributed by atoms with van der Waals surface area (Å²) in [6, 6.07) is 2.50. The van der Waals surface area contributed by atoms with Crippen molar-refractivity contribution in [3.05, 3.63) is 40.6 Å². The van der Waals surface area contributed by atoms with E-state index in [9.17, 15) is 22.8 Å². The number of esters is 1. The normalized spacial score (nSPS) is 11.2. The van der Waals surface area contributed by atoms with Crippen molar-refractivity contribution in [2.45, 2.75) is 32.2 Å². The third-order valence-electron chi connectivity index (χ3n) is 4.24. The summed E-state index contributed by atoms with van der Waals surface area (Å²) in [5.41, 5.74) is 0.0138. The number of methoxy groups -OCH3 is 1. The Balaban J connectivity index is 2.64. The second-order valence-corrected chi connectivity index (χ2v) is 9.35. The van der Waals surface area contributed by atoms with Crippen LogP contribution in [0.15, 0.2) is 23.2 Å². The predicted octanol–water partition coefficient (Wildman–Crippen LogP) is 2.88. The number of benzene rings is 1. The lowest BCUT2D eigenvalue weighted by molar-refractivity contribution is 0.0595. The van der Waals surface area contributed by atoms with E-state index >= 15 is 0 Å². The number of carbonyl (C=O) groups is 3. The zero-order valence-electron chi connectivity index (χ0n) is 17.2. The molecule has 0 aliphatic carbocycles. The summed E-state index contributed by atoms with van der Waals surface area (Å²) in [5, 5.41) is 3.49. The van der Waals surface area contributed by atoms with Crippen molar-refractivity contribution in [2.75, 3.05) is 19.1 Å². The van der Waals surface area contributed by atoms with Gasteiger partial charge in [0.05, 0.1) is 23.8 Å². The minimum atomic E-state index is -3.75. The highest BCUT2D eigenvalue weighted by Crippen LogP contribution is 2.29. The molecular formula is C19H22N2O7S2. The molecule has 0 spiro atoms. The quantitative estimate of drug-likeness (QED) is 0.459. The molecule has 0 aliphatic heterocycles. The van der Waals surface area contributed by atoms with Crippen LogP contribution in [0.25, 0.3) is 0 Å². The molecule has 0 amide bonds. The number of thioether (sulfide) groups is 1. The molecule has 11 heteroatoms. The minimum Gasteiger partial charge on any atom is -0.465 e. The van der Waals surface area contributed by atoms with Crippen molar-refractivity contribution in [1.82, 2.24) is 9.78 Å². The molecule has 162 valence electrons. The first kappa shape index (κ1) is 23.6. The van der Waals surface area contributed by atoms with Gasteiger partial charge in [-0.25, -0.2) is 22.7 Å². The van der Waals surface area contributed by atoms with Crippen LogP contribution in [0.5, 0.6) is 5.88 Å². The van der Waals surface area contributed by atoms with Crippen LogP contribution in [0.1, 0.15) is 45.7 Å². The van der Waals surface area contributed by atoms with Crippen LogP contribution in [0, 0.1) is 6.92 Å². The highest BCUT2D eigenvalue weighted by atomic mass is 32.2. The average molecular weight is 455 g/mol. The van der Waals surface area contributed by atoms with E-state index in [4.69, 9.17) is 9.47 Å². The monoisotopic (exact) mass is 454 g/mol. The number of rotatable bonds is 7. The Hall–Kier alpha value is -2.66. The largest absolute Gasteiger partial charge is 0.465 e. The number of aromatic nitrogens is 2. The van der Waals surface area contributed by atoms with E-state index in [2.05, 4.69) is 5.10 Å². The van der Waals surface area contributed by atoms with Crippen LogP contribution < -0.4 is 4.74 Å². The Kier molecular flexibility index (Phi) is 7.43. The van der Waals surface area contributed by atoms with E-state index in [-0.39, 0.29) is 33.0 Å². The Morgan fingerprint density at radius 2 is 1.83 bits per heavy atom. The molecule has 0 bridgehead atoms. The molecule has 0 unspecified atom stereocenters. The van der Waals surface area contributed by atoms with Gasteiger partial charge in [0, 0.05) is 24.1 Å². The van der Waals surface area contributed by atoms with Gasteiger partial charge in [0.15, 0.2) is 15.6 Å². The predicted molar refractivity (Wildman–Crippen MR) is 111 cm³/mol. The molecule has 2 aromatic rings. The topological polar surface area (TPSA) is 122 Å². The lowest BCUT2D eigenvalue weighted by Crippen LogP contribution is -2.16.